The Morgan fingerprint density at radius 3 is 0.684 bits per heavy atom. The average molecular weight is 790 g/mol. The van der Waals surface area contributed by atoms with Gasteiger partial charge in [0, 0.05) is 131 Å². The normalized spacial score (nSPS) is 10.3. The fraction of sp³-hybridized carbons (Fsp3) is 0. The molecule has 0 heterocycles. The zero-order valence-corrected chi connectivity index (χ0v) is 32.7. The van der Waals surface area contributed by atoms with Gasteiger partial charge in [-0.3, -0.25) is 0 Å². The van der Waals surface area contributed by atoms with Crippen LogP contribution in [0, 0.1) is 24.3 Å². The molecular formula is C34H26Y4-4. The molecule has 4 heteroatoms. The van der Waals surface area contributed by atoms with Crippen molar-refractivity contribution >= 4 is 24.3 Å². The smallest absolute Gasteiger partial charge is 0 e. The molecule has 0 unspecified atom stereocenters. The number of rotatable bonds is 7. The maximum Gasteiger partial charge on any atom is 0 e. The zero-order chi connectivity index (χ0) is 23.5. The van der Waals surface area contributed by atoms with E-state index >= 15 is 0 Å². The Morgan fingerprint density at radius 2 is 0.474 bits per heavy atom. The van der Waals surface area contributed by atoms with Crippen LogP contribution in [0.5, 0.6) is 0 Å². The van der Waals surface area contributed by atoms with Crippen LogP contribution in [0.1, 0.15) is 22.3 Å². The molecule has 0 N–H and O–H groups in total. The molecule has 0 amide bonds. The molecule has 0 aromatic heterocycles. The van der Waals surface area contributed by atoms with Crippen LogP contribution in [0.25, 0.3) is 24.3 Å². The van der Waals surface area contributed by atoms with E-state index in [0.29, 0.717) is 0 Å². The number of benzene rings is 4. The van der Waals surface area contributed by atoms with Crippen LogP contribution in [-0.4, -0.2) is 0 Å². The first kappa shape index (κ1) is 40.1. The SMILES string of the molecule is [Y].[Y].[Y].[Y].[c-]1ccc(/C=C/C=C/C=C/c2cc[c-]cc2)cc1.[c-]1ccc(/C=C/C=C/c2cc[c-]cc2)cc1. The summed E-state index contributed by atoms with van der Waals surface area (Å²) in [4.78, 5) is 0. The molecule has 4 aromatic carbocycles. The summed E-state index contributed by atoms with van der Waals surface area (Å²) in [5.74, 6) is 0. The van der Waals surface area contributed by atoms with Crippen LogP contribution in [0.4, 0.5) is 0 Å². The molecule has 178 valence electrons. The molecular weight excluding hydrogens is 764 g/mol. The van der Waals surface area contributed by atoms with Gasteiger partial charge in [0.15, 0.2) is 0 Å². The number of hydrogen-bond acceptors (Lipinski definition) is 0. The van der Waals surface area contributed by atoms with Crippen LogP contribution >= 0.6 is 0 Å². The van der Waals surface area contributed by atoms with Gasteiger partial charge < -0.3 is 0 Å². The van der Waals surface area contributed by atoms with Gasteiger partial charge in [-0.25, -0.2) is 0 Å². The monoisotopic (exact) mass is 790 g/mol. The molecule has 0 nitrogen and oxygen atoms in total. The molecule has 38 heavy (non-hydrogen) atoms. The van der Waals surface area contributed by atoms with Crippen LogP contribution in [0.2, 0.25) is 0 Å². The minimum absolute atomic E-state index is 0. The van der Waals surface area contributed by atoms with Gasteiger partial charge in [0.05, 0.1) is 0 Å². The van der Waals surface area contributed by atoms with E-state index in [0.717, 1.165) is 0 Å². The molecule has 0 aliphatic rings. The number of hydrogen-bond donors (Lipinski definition) is 0. The van der Waals surface area contributed by atoms with Gasteiger partial charge in [-0.15, -0.1) is 22.3 Å². The fourth-order valence-corrected chi connectivity index (χ4v) is 2.84. The zero-order valence-electron chi connectivity index (χ0n) is 21.3. The van der Waals surface area contributed by atoms with Crippen LogP contribution in [-0.2, 0) is 131 Å². The Kier molecular flexibility index (Phi) is 28.7. The average Bonchev–Trinajstić information content (AvgIpc) is 2.91. The molecule has 0 saturated carbocycles. The minimum atomic E-state index is 0. The molecule has 0 bridgehead atoms. The van der Waals surface area contributed by atoms with Crippen LogP contribution in [0.3, 0.4) is 0 Å². The summed E-state index contributed by atoms with van der Waals surface area (Å²) in [6, 6.07) is 43.5. The van der Waals surface area contributed by atoms with E-state index < -0.39 is 0 Å². The summed E-state index contributed by atoms with van der Waals surface area (Å²) < 4.78 is 0. The van der Waals surface area contributed by atoms with Crippen molar-refractivity contribution in [1.29, 1.82) is 0 Å². The standard InChI is InChI=1S/C18H14.C16H12.4Y/c1(5-11-17-13-7-3-8-14-17)2-6-12-18-15-9-4-10-16-18;1-3-9-15(10-4-1)13-7-8-14-16-11-5-2-6-12-16;;;;/h1-2,5-16H;3-14H;;;;/q2*-2;;;;/b2-1+,11-5+,12-6+;13-7+,14-8+;;;;. The molecule has 0 saturated heterocycles. The first-order valence-electron chi connectivity index (χ1n) is 11.1. The summed E-state index contributed by atoms with van der Waals surface area (Å²) >= 11 is 0. The second-order valence-corrected chi connectivity index (χ2v) is 7.15. The Morgan fingerprint density at radius 1 is 0.289 bits per heavy atom. The Hall–Kier alpha value is -0.00442. The van der Waals surface area contributed by atoms with Crippen molar-refractivity contribution in [1.82, 2.24) is 0 Å². The molecule has 4 aromatic rings. The molecule has 0 spiro atoms. The van der Waals surface area contributed by atoms with Crippen molar-refractivity contribution in [2.24, 2.45) is 0 Å². The molecule has 0 aliphatic heterocycles. The third-order valence-electron chi connectivity index (χ3n) is 4.58. The second-order valence-electron chi connectivity index (χ2n) is 7.15. The fourth-order valence-electron chi connectivity index (χ4n) is 2.84. The van der Waals surface area contributed by atoms with E-state index in [1.165, 1.54) is 22.3 Å². The van der Waals surface area contributed by atoms with E-state index in [4.69, 9.17) is 0 Å². The topological polar surface area (TPSA) is 0 Å². The van der Waals surface area contributed by atoms with Gasteiger partial charge in [0.1, 0.15) is 0 Å². The van der Waals surface area contributed by atoms with Crippen LogP contribution in [0.15, 0.2) is 134 Å². The van der Waals surface area contributed by atoms with Crippen molar-refractivity contribution in [2.75, 3.05) is 0 Å². The predicted octanol–water partition coefficient (Wildman–Crippen LogP) is 8.57. The molecule has 4 rings (SSSR count). The molecule has 4 radical (unpaired) electrons. The van der Waals surface area contributed by atoms with E-state index in [1.54, 1.807) is 0 Å². The van der Waals surface area contributed by atoms with Gasteiger partial charge in [-0.1, -0.05) is 60.8 Å². The molecule has 0 fully saturated rings. The van der Waals surface area contributed by atoms with E-state index in [2.05, 4.69) is 48.6 Å². The van der Waals surface area contributed by atoms with E-state index in [9.17, 15) is 0 Å². The summed E-state index contributed by atoms with van der Waals surface area (Å²) in [5, 5.41) is 0. The van der Waals surface area contributed by atoms with Crippen molar-refractivity contribution < 1.29 is 131 Å². The van der Waals surface area contributed by atoms with E-state index in [1.807, 2.05) is 134 Å². The largest absolute Gasteiger partial charge is 0.184 e. The third-order valence-corrected chi connectivity index (χ3v) is 4.58. The van der Waals surface area contributed by atoms with E-state index in [-0.39, 0.29) is 131 Å². The first-order chi connectivity index (χ1) is 16.9. The summed E-state index contributed by atoms with van der Waals surface area (Å²) in [7, 11) is 0. The number of allylic oxidation sites excluding steroid dienone is 6. The summed E-state index contributed by atoms with van der Waals surface area (Å²) in [5.41, 5.74) is 4.73. The third kappa shape index (κ3) is 19.1. The van der Waals surface area contributed by atoms with Gasteiger partial charge in [0.25, 0.3) is 0 Å². The Labute approximate surface area is 329 Å². The summed E-state index contributed by atoms with van der Waals surface area (Å²) in [6.07, 6.45) is 20.4. The Balaban J connectivity index is 0. The first-order valence-corrected chi connectivity index (χ1v) is 11.1. The van der Waals surface area contributed by atoms with Gasteiger partial charge in [-0.2, -0.15) is 121 Å². The van der Waals surface area contributed by atoms with Gasteiger partial charge in [-0.05, 0) is 0 Å². The second kappa shape index (κ2) is 27.2. The summed E-state index contributed by atoms with van der Waals surface area (Å²) in [6.45, 7) is 0. The van der Waals surface area contributed by atoms with Crippen molar-refractivity contribution in [3.8, 4) is 0 Å². The Bertz CT molecular complexity index is 1110. The van der Waals surface area contributed by atoms with Gasteiger partial charge in [0.2, 0.25) is 0 Å². The quantitative estimate of drug-likeness (QED) is 0.130. The van der Waals surface area contributed by atoms with Gasteiger partial charge >= 0.3 is 0 Å². The maximum atomic E-state index is 3.00. The molecule has 0 aliphatic carbocycles. The minimum Gasteiger partial charge on any atom is -0.184 e. The van der Waals surface area contributed by atoms with Crippen molar-refractivity contribution in [3.63, 3.8) is 0 Å². The maximum absolute atomic E-state index is 3.00. The van der Waals surface area contributed by atoms with Crippen molar-refractivity contribution in [2.45, 2.75) is 0 Å². The van der Waals surface area contributed by atoms with Crippen LogP contribution < -0.4 is 0 Å². The molecule has 0 atom stereocenters. The predicted molar refractivity (Wildman–Crippen MR) is 146 cm³/mol. The van der Waals surface area contributed by atoms with Crippen molar-refractivity contribution in [3.05, 3.63) is 180 Å².